The second-order valence-corrected chi connectivity index (χ2v) is 6.79. The third kappa shape index (κ3) is 4.29. The maximum absolute atomic E-state index is 12.4. The second-order valence-electron chi connectivity index (χ2n) is 6.79. The highest BCUT2D eigenvalue weighted by atomic mass is 16.6. The lowest BCUT2D eigenvalue weighted by Gasteiger charge is -2.10. The topological polar surface area (TPSA) is 105 Å². The van der Waals surface area contributed by atoms with Crippen molar-refractivity contribution in [2.75, 3.05) is 7.11 Å². The van der Waals surface area contributed by atoms with Gasteiger partial charge in [-0.05, 0) is 44.5 Å². The number of nitrogens with zero attached hydrogens (tertiary/aromatic N) is 5. The molecular formula is C21H23N5O4. The van der Waals surface area contributed by atoms with Gasteiger partial charge in [-0.25, -0.2) is 0 Å². The molecule has 2 heterocycles. The monoisotopic (exact) mass is 409 g/mol. The third-order valence-corrected chi connectivity index (χ3v) is 4.82. The van der Waals surface area contributed by atoms with Gasteiger partial charge in [0.25, 0.3) is 0 Å². The van der Waals surface area contributed by atoms with Crippen LogP contribution in [0.5, 0.6) is 5.75 Å². The van der Waals surface area contributed by atoms with Crippen LogP contribution in [-0.2, 0) is 13.1 Å². The quantitative estimate of drug-likeness (QED) is 0.244. The highest BCUT2D eigenvalue weighted by Gasteiger charge is 2.22. The van der Waals surface area contributed by atoms with Gasteiger partial charge in [0, 0.05) is 18.3 Å². The van der Waals surface area contributed by atoms with Gasteiger partial charge in [-0.1, -0.05) is 12.1 Å². The highest BCUT2D eigenvalue weighted by Crippen LogP contribution is 2.26. The Labute approximate surface area is 173 Å². The van der Waals surface area contributed by atoms with Crippen molar-refractivity contribution >= 4 is 17.5 Å². The number of nitro groups is 1. The predicted molar refractivity (Wildman–Crippen MR) is 112 cm³/mol. The van der Waals surface area contributed by atoms with Gasteiger partial charge in [-0.2, -0.15) is 10.2 Å². The third-order valence-electron chi connectivity index (χ3n) is 4.82. The number of carbonyl (C=O) groups excluding carboxylic acids is 1. The van der Waals surface area contributed by atoms with Crippen LogP contribution in [0.3, 0.4) is 0 Å². The number of hydrogen-bond donors (Lipinski definition) is 0. The molecule has 0 N–H and O–H groups in total. The van der Waals surface area contributed by atoms with Crippen molar-refractivity contribution in [1.29, 1.82) is 0 Å². The Kier molecular flexibility index (Phi) is 6.10. The van der Waals surface area contributed by atoms with E-state index in [-0.39, 0.29) is 11.5 Å². The van der Waals surface area contributed by atoms with Crippen LogP contribution in [0, 0.1) is 24.0 Å². The van der Waals surface area contributed by atoms with E-state index in [4.69, 9.17) is 4.74 Å². The minimum absolute atomic E-state index is 0.0169. The van der Waals surface area contributed by atoms with Gasteiger partial charge in [0.1, 0.15) is 17.1 Å². The number of allylic oxidation sites excluding steroid dienone is 1. The summed E-state index contributed by atoms with van der Waals surface area (Å²) in [6, 6.07) is 5.51. The average Bonchev–Trinajstić information content (AvgIpc) is 3.30. The summed E-state index contributed by atoms with van der Waals surface area (Å²) in [6.07, 6.45) is 6.47. The smallest absolute Gasteiger partial charge is 0.312 e. The SMILES string of the molecule is CCn1cc(C(=O)/C=C/c2ccc(OC)c(Cn3nc(C)c([N+](=O)[O-])c3C)c2)cn1. The lowest BCUT2D eigenvalue weighted by molar-refractivity contribution is -0.386. The lowest BCUT2D eigenvalue weighted by Crippen LogP contribution is -2.06. The van der Waals surface area contributed by atoms with Crippen LogP contribution in [0.4, 0.5) is 5.69 Å². The number of aryl methyl sites for hydroxylation is 2. The van der Waals surface area contributed by atoms with E-state index in [0.29, 0.717) is 35.8 Å². The van der Waals surface area contributed by atoms with E-state index in [1.54, 1.807) is 54.9 Å². The number of hydrogen-bond acceptors (Lipinski definition) is 6. The molecule has 0 spiro atoms. The van der Waals surface area contributed by atoms with E-state index in [2.05, 4.69) is 10.2 Å². The number of methoxy groups -OCH3 is 1. The predicted octanol–water partition coefficient (Wildman–Crippen LogP) is 3.58. The molecular weight excluding hydrogens is 386 g/mol. The van der Waals surface area contributed by atoms with E-state index in [0.717, 1.165) is 11.1 Å². The van der Waals surface area contributed by atoms with E-state index in [1.807, 2.05) is 19.1 Å². The summed E-state index contributed by atoms with van der Waals surface area (Å²) in [4.78, 5) is 23.2. The van der Waals surface area contributed by atoms with Crippen molar-refractivity contribution < 1.29 is 14.5 Å². The van der Waals surface area contributed by atoms with Crippen molar-refractivity contribution in [2.45, 2.75) is 33.9 Å². The van der Waals surface area contributed by atoms with E-state index in [1.165, 1.54) is 6.08 Å². The number of ether oxygens (including phenoxy) is 1. The first-order valence-electron chi connectivity index (χ1n) is 9.44. The Morgan fingerprint density at radius 2 is 2.10 bits per heavy atom. The summed E-state index contributed by atoms with van der Waals surface area (Å²) in [6.45, 7) is 6.24. The molecule has 0 saturated heterocycles. The molecule has 0 amide bonds. The summed E-state index contributed by atoms with van der Waals surface area (Å²) < 4.78 is 8.71. The van der Waals surface area contributed by atoms with Crippen molar-refractivity contribution in [3.63, 3.8) is 0 Å². The van der Waals surface area contributed by atoms with Crippen LogP contribution in [0.15, 0.2) is 36.7 Å². The van der Waals surface area contributed by atoms with Gasteiger partial charge in [0.2, 0.25) is 0 Å². The van der Waals surface area contributed by atoms with Crippen molar-refractivity contribution in [3.8, 4) is 5.75 Å². The van der Waals surface area contributed by atoms with Crippen molar-refractivity contribution in [3.05, 3.63) is 74.9 Å². The number of aromatic nitrogens is 4. The van der Waals surface area contributed by atoms with Crippen LogP contribution in [0.25, 0.3) is 6.08 Å². The fraction of sp³-hybridized carbons (Fsp3) is 0.286. The highest BCUT2D eigenvalue weighted by molar-refractivity contribution is 6.06. The van der Waals surface area contributed by atoms with E-state index < -0.39 is 4.92 Å². The normalized spacial score (nSPS) is 11.2. The summed E-state index contributed by atoms with van der Waals surface area (Å²) in [5.74, 6) is 0.499. The Morgan fingerprint density at radius 3 is 2.70 bits per heavy atom. The molecule has 30 heavy (non-hydrogen) atoms. The minimum atomic E-state index is -0.420. The summed E-state index contributed by atoms with van der Waals surface area (Å²) in [7, 11) is 1.56. The Morgan fingerprint density at radius 1 is 1.33 bits per heavy atom. The first-order valence-corrected chi connectivity index (χ1v) is 9.44. The summed E-state index contributed by atoms with van der Waals surface area (Å²) >= 11 is 0. The maximum atomic E-state index is 12.4. The van der Waals surface area contributed by atoms with Gasteiger partial charge in [-0.15, -0.1) is 0 Å². The summed E-state index contributed by atoms with van der Waals surface area (Å²) in [5, 5.41) is 19.7. The number of carbonyl (C=O) groups is 1. The van der Waals surface area contributed by atoms with Gasteiger partial charge in [0.15, 0.2) is 5.78 Å². The van der Waals surface area contributed by atoms with Crippen molar-refractivity contribution in [2.24, 2.45) is 0 Å². The first kappa shape index (κ1) is 21.0. The molecule has 0 bridgehead atoms. The molecule has 156 valence electrons. The number of rotatable bonds is 8. The van der Waals surface area contributed by atoms with Gasteiger partial charge in [0.05, 0.1) is 30.3 Å². The molecule has 0 saturated carbocycles. The molecule has 1 aromatic carbocycles. The summed E-state index contributed by atoms with van der Waals surface area (Å²) in [5.41, 5.74) is 2.99. The maximum Gasteiger partial charge on any atom is 0.312 e. The second kappa shape index (κ2) is 8.73. The molecule has 0 aliphatic carbocycles. The zero-order valence-corrected chi connectivity index (χ0v) is 17.3. The fourth-order valence-corrected chi connectivity index (χ4v) is 3.22. The Hall–Kier alpha value is -3.75. The zero-order chi connectivity index (χ0) is 21.8. The van der Waals surface area contributed by atoms with E-state index in [9.17, 15) is 14.9 Å². The van der Waals surface area contributed by atoms with Crippen molar-refractivity contribution in [1.82, 2.24) is 19.6 Å². The van der Waals surface area contributed by atoms with Crippen LogP contribution >= 0.6 is 0 Å². The standard InChI is InChI=1S/C21H23N5O4/c1-5-24-12-18(11-22-24)19(27)8-6-16-7-9-20(30-4)17(10-16)13-25-15(3)21(26(28)29)14(2)23-25/h6-12H,5,13H2,1-4H3/b8-6+. The molecule has 2 aromatic heterocycles. The molecule has 3 aromatic rings. The largest absolute Gasteiger partial charge is 0.496 e. The average molecular weight is 409 g/mol. The lowest BCUT2D eigenvalue weighted by atomic mass is 10.1. The molecule has 0 atom stereocenters. The van der Waals surface area contributed by atoms with Gasteiger partial charge < -0.3 is 4.74 Å². The molecule has 9 heteroatoms. The molecule has 0 fully saturated rings. The number of ketones is 1. The molecule has 0 aliphatic rings. The minimum Gasteiger partial charge on any atom is -0.496 e. The molecule has 0 aliphatic heterocycles. The van der Waals surface area contributed by atoms with Gasteiger partial charge >= 0.3 is 5.69 Å². The number of benzene rings is 1. The van der Waals surface area contributed by atoms with E-state index >= 15 is 0 Å². The Bertz CT molecular complexity index is 1130. The Balaban J connectivity index is 1.86. The fourth-order valence-electron chi connectivity index (χ4n) is 3.22. The van der Waals surface area contributed by atoms with Crippen LogP contribution in [0.1, 0.15) is 39.8 Å². The van der Waals surface area contributed by atoms with Gasteiger partial charge in [-0.3, -0.25) is 24.3 Å². The van der Waals surface area contributed by atoms with Crippen LogP contribution in [0.2, 0.25) is 0 Å². The van der Waals surface area contributed by atoms with Crippen LogP contribution < -0.4 is 4.74 Å². The first-order chi connectivity index (χ1) is 14.3. The zero-order valence-electron chi connectivity index (χ0n) is 17.3. The molecule has 0 radical (unpaired) electrons. The molecule has 3 rings (SSSR count). The molecule has 0 unspecified atom stereocenters. The molecule has 9 nitrogen and oxygen atoms in total. The van der Waals surface area contributed by atoms with Crippen LogP contribution in [-0.4, -0.2) is 37.4 Å².